The summed E-state index contributed by atoms with van der Waals surface area (Å²) >= 11 is 50.3. The Kier molecular flexibility index (Phi) is 30.9. The molecule has 12 aromatic rings. The highest BCUT2D eigenvalue weighted by molar-refractivity contribution is 6.37. The molecule has 0 saturated carbocycles. The molecule has 8 atom stereocenters. The number of hydrogen-bond donors (Lipinski definition) is 4. The van der Waals surface area contributed by atoms with Crippen LogP contribution in [0.3, 0.4) is 0 Å². The predicted molar refractivity (Wildman–Crippen MR) is 529 cm³/mol. The van der Waals surface area contributed by atoms with E-state index < -0.39 is 0 Å². The Morgan fingerprint density at radius 1 is 0.311 bits per heavy atom. The lowest BCUT2D eigenvalue weighted by molar-refractivity contribution is 0.101. The van der Waals surface area contributed by atoms with E-state index in [9.17, 15) is 20.4 Å². The fourth-order valence-electron chi connectivity index (χ4n) is 21.0. The van der Waals surface area contributed by atoms with Crippen molar-refractivity contribution in [2.45, 2.75) is 131 Å². The molecule has 8 aliphatic heterocycles. The molecule has 4 aromatic carbocycles. The number of anilines is 4. The zero-order valence-corrected chi connectivity index (χ0v) is 82.4. The minimum absolute atomic E-state index is 0.0856. The van der Waals surface area contributed by atoms with Gasteiger partial charge < -0.3 is 59.6 Å². The second kappa shape index (κ2) is 42.5. The van der Waals surface area contributed by atoms with Gasteiger partial charge in [-0.2, -0.15) is 30.4 Å². The molecule has 0 radical (unpaired) electrons. The molecule has 4 N–H and O–H groups in total. The molecule has 8 aromatic heterocycles. The van der Waals surface area contributed by atoms with Crippen molar-refractivity contribution in [3.8, 4) is 0 Å². The van der Waals surface area contributed by atoms with Crippen molar-refractivity contribution >= 4 is 161 Å². The van der Waals surface area contributed by atoms with Gasteiger partial charge in [-0.3, -0.25) is 0 Å². The molecule has 36 heteroatoms. The Morgan fingerprint density at radius 3 is 0.848 bits per heavy atom. The summed E-state index contributed by atoms with van der Waals surface area (Å²) in [7, 11) is 0. The van der Waals surface area contributed by atoms with Crippen LogP contribution in [0.2, 0.25) is 40.2 Å². The monoisotopic (exact) mass is 1950 g/mol. The van der Waals surface area contributed by atoms with Crippen LogP contribution in [0.15, 0.2) is 97.6 Å². The lowest BCUT2D eigenvalue weighted by Gasteiger charge is -2.47. The van der Waals surface area contributed by atoms with Gasteiger partial charge in [-0.1, -0.05) is 117 Å². The van der Waals surface area contributed by atoms with E-state index in [-0.39, 0.29) is 50.6 Å². The van der Waals surface area contributed by atoms with E-state index >= 15 is 0 Å². The highest BCUT2D eigenvalue weighted by atomic mass is 35.5. The zero-order valence-electron chi connectivity index (χ0n) is 76.3. The van der Waals surface area contributed by atoms with Crippen LogP contribution in [-0.2, 0) is 0 Å². The van der Waals surface area contributed by atoms with Crippen LogP contribution >= 0.6 is 92.8 Å². The van der Waals surface area contributed by atoms with Crippen molar-refractivity contribution in [3.05, 3.63) is 183 Å². The molecule has 0 aliphatic carbocycles. The summed E-state index contributed by atoms with van der Waals surface area (Å²) < 4.78 is 7.72. The van der Waals surface area contributed by atoms with Gasteiger partial charge in [0.15, 0.2) is 22.6 Å². The fourth-order valence-corrected chi connectivity index (χ4v) is 23.3. The van der Waals surface area contributed by atoms with Crippen LogP contribution in [-0.4, -0.2) is 276 Å². The Labute approximate surface area is 811 Å². The largest absolute Gasteiger partial charge is 0.395 e. The van der Waals surface area contributed by atoms with E-state index in [1.54, 1.807) is 24.3 Å². The normalized spacial score (nSPS) is 20.9. The molecule has 0 unspecified atom stereocenters. The lowest BCUT2D eigenvalue weighted by atomic mass is 9.80. The van der Waals surface area contributed by atoms with Crippen LogP contribution in [0.5, 0.6) is 0 Å². The van der Waals surface area contributed by atoms with Crippen LogP contribution in [0.1, 0.15) is 148 Å². The summed E-state index contributed by atoms with van der Waals surface area (Å²) in [5.74, 6) is 8.73. The third kappa shape index (κ3) is 21.1. The van der Waals surface area contributed by atoms with Gasteiger partial charge in [-0.15, -0.1) is 0 Å². The van der Waals surface area contributed by atoms with Crippen LogP contribution in [0.4, 0.5) is 23.5 Å². The number of benzene rings is 4. The van der Waals surface area contributed by atoms with Crippen molar-refractivity contribution in [1.29, 1.82) is 0 Å². The minimum Gasteiger partial charge on any atom is -0.395 e. The number of aryl methyl sites for hydroxylation is 4. The van der Waals surface area contributed by atoms with Gasteiger partial charge in [-0.25, -0.2) is 48.6 Å². The minimum atomic E-state index is -0.0978. The highest BCUT2D eigenvalue weighted by Crippen LogP contribution is 2.43. The molecule has 704 valence electrons. The first-order chi connectivity index (χ1) is 63.8. The number of aliphatic hydroxyl groups is 4. The Morgan fingerprint density at radius 2 is 0.576 bits per heavy atom. The van der Waals surface area contributed by atoms with Crippen molar-refractivity contribution in [2.75, 3.05) is 177 Å². The molecule has 28 nitrogen and oxygen atoms in total. The van der Waals surface area contributed by atoms with E-state index in [1.165, 1.54) is 51.4 Å². The zero-order chi connectivity index (χ0) is 92.4. The molecule has 0 spiro atoms. The first-order valence-electron chi connectivity index (χ1n) is 46.8. The molecule has 20 rings (SSSR count). The van der Waals surface area contributed by atoms with E-state index in [0.717, 1.165) is 244 Å². The highest BCUT2D eigenvalue weighted by Gasteiger charge is 2.42. The van der Waals surface area contributed by atoms with Gasteiger partial charge in [0.25, 0.3) is 0 Å². The molecule has 8 aliphatic rings. The first-order valence-corrected chi connectivity index (χ1v) is 49.8. The molecule has 0 amide bonds. The van der Waals surface area contributed by atoms with Crippen molar-refractivity contribution < 1.29 is 20.4 Å². The number of β-amino-alcohol motifs (C(OH)–C–C–N with tert-alkyl or cyclic N) is 4. The summed E-state index contributed by atoms with van der Waals surface area (Å²) in [5.41, 5.74) is 12.2. The molecule has 0 bridgehead atoms. The number of hydrogen-bond acceptors (Lipinski definition) is 24. The molecular weight excluding hydrogens is 1840 g/mol. The van der Waals surface area contributed by atoms with E-state index in [0.29, 0.717) is 87.5 Å². The summed E-state index contributed by atoms with van der Waals surface area (Å²) in [6.07, 6.45) is 17.5. The van der Waals surface area contributed by atoms with Gasteiger partial charge in [0.2, 0.25) is 11.9 Å². The third-order valence-electron chi connectivity index (χ3n) is 28.8. The average Bonchev–Trinajstić information content (AvgIpc) is 1.59. The summed E-state index contributed by atoms with van der Waals surface area (Å²) in [5, 5.41) is 63.0. The summed E-state index contributed by atoms with van der Waals surface area (Å²) in [6, 6.07) is 21.9. The maximum Gasteiger partial charge on any atom is 0.227 e. The number of likely N-dealkylation sites (tertiary alicyclic amines) is 4. The molecule has 8 fully saturated rings. The second-order valence-electron chi connectivity index (χ2n) is 37.5. The fraction of sp³-hybridized carbons (Fsp3) is 0.542. The maximum atomic E-state index is 9.27. The van der Waals surface area contributed by atoms with Gasteiger partial charge in [0.05, 0.1) is 96.5 Å². The SMILES string of the molecule is Cc1nn([C@H](C)c2ccc(Cl)cc2Cl)c2nc(N3CC([C@@H]4CCCN(CCO)C4)C3)cnc12.Cc1nn([C@H](C)c2ccc(Cl)cc2Cl)c2nc(N3CC([C@@H]4CCCN(CCO)C4)C3)ncc12.Cc1nn([C@H](C)c2ccc(Cl)cc2Cl)c2nc(N3CC([C@H]4CCCN(CCO)C4)C3)cnc12.Cc1nn([C@H](C)c2ccc(Cl)cc2Cl)c2nc(N3CC([C@H]4CCCN(CCO)C4)C3)ncc12. The number of aromatic nitrogens is 16. The number of aliphatic hydroxyl groups excluding tert-OH is 4. The summed E-state index contributed by atoms with van der Waals surface area (Å²) in [6.45, 7) is 37.0. The predicted octanol–water partition coefficient (Wildman–Crippen LogP) is 16.8. The van der Waals surface area contributed by atoms with E-state index in [2.05, 4.69) is 76.9 Å². The van der Waals surface area contributed by atoms with Crippen molar-refractivity contribution in [2.24, 2.45) is 47.3 Å². The van der Waals surface area contributed by atoms with E-state index in [4.69, 9.17) is 143 Å². The number of fused-ring (bicyclic) bond motifs is 4. The number of halogens is 8. The molecule has 8 saturated heterocycles. The van der Waals surface area contributed by atoms with Crippen LogP contribution in [0, 0.1) is 75.0 Å². The van der Waals surface area contributed by atoms with Crippen LogP contribution in [0.25, 0.3) is 44.4 Å². The summed E-state index contributed by atoms with van der Waals surface area (Å²) in [4.78, 5) is 57.3. The Balaban J connectivity index is 0.000000123. The van der Waals surface area contributed by atoms with Crippen molar-refractivity contribution in [1.82, 2.24) is 98.6 Å². The van der Waals surface area contributed by atoms with Crippen molar-refractivity contribution in [3.63, 3.8) is 0 Å². The molecule has 132 heavy (non-hydrogen) atoms. The van der Waals surface area contributed by atoms with Crippen LogP contribution < -0.4 is 19.6 Å². The van der Waals surface area contributed by atoms with Gasteiger partial charge in [-0.05, 0) is 251 Å². The topological polar surface area (TPSA) is 281 Å². The Bertz CT molecular complexity index is 5290. The lowest BCUT2D eigenvalue weighted by Crippen LogP contribution is -2.54. The van der Waals surface area contributed by atoms with Gasteiger partial charge in [0.1, 0.15) is 22.7 Å². The molecule has 16 heterocycles. The van der Waals surface area contributed by atoms with Gasteiger partial charge >= 0.3 is 0 Å². The van der Waals surface area contributed by atoms with Gasteiger partial charge in [0, 0.05) is 157 Å². The first kappa shape index (κ1) is 96.0. The second-order valence-corrected chi connectivity index (χ2v) is 40.8. The Hall–Kier alpha value is -7.72. The maximum absolute atomic E-state index is 9.27. The third-order valence-corrected chi connectivity index (χ3v) is 31.1. The smallest absolute Gasteiger partial charge is 0.227 e. The van der Waals surface area contributed by atoms with E-state index in [1.807, 2.05) is 120 Å². The quantitative estimate of drug-likeness (QED) is 0.0437. The number of nitrogens with zero attached hydrogens (tertiary/aromatic N) is 24. The molecular formula is C96H120Cl8N24O4. The number of rotatable bonds is 24. The number of piperidine rings is 4. The standard InChI is InChI=1S/4C24H30Cl2N6O/c2*1-15-21-11-27-24(31-13-18(14-31)17-4-3-7-30(12-17)8-9-33)28-23(21)32(29-15)16(2)20-6-5-19(25)10-22(20)26;2*1-15-23-24(32(29-15)16(2)20-6-5-19(25)10-21(20)26)28-22(11-27-23)31-13-18(14-31)17-4-3-7-30(12-17)8-9-33/h4*5-6,10-11,16-18,33H,3-4,7-9,12-14H2,1-2H3/t16-,17+;16-,17-;16-,17+;16-,17-/m1111/s1. The average molecular weight is 1960 g/mol.